The van der Waals surface area contributed by atoms with Gasteiger partial charge in [0, 0.05) is 37.6 Å². The molecule has 4 aromatic rings. The summed E-state index contributed by atoms with van der Waals surface area (Å²) in [5.41, 5.74) is 3.81. The average Bonchev–Trinajstić information content (AvgIpc) is 3.42. The van der Waals surface area contributed by atoms with Crippen LogP contribution in [0, 0.1) is 0 Å². The summed E-state index contributed by atoms with van der Waals surface area (Å²) in [7, 11) is 2.02. The highest BCUT2D eigenvalue weighted by Gasteiger charge is 2.24. The topological polar surface area (TPSA) is 65.2 Å². The fourth-order valence-corrected chi connectivity index (χ4v) is 5.34. The number of morpholine rings is 1. The van der Waals surface area contributed by atoms with Gasteiger partial charge in [-0.2, -0.15) is 0 Å². The third-order valence-corrected chi connectivity index (χ3v) is 7.04. The summed E-state index contributed by atoms with van der Waals surface area (Å²) in [6.45, 7) is 5.83. The Morgan fingerprint density at radius 1 is 1.03 bits per heavy atom. The number of Topliss-reactive ketones (excluding diaryl/α,β-unsaturated/α-hetero) is 1. The SMILES string of the molecule is CCn1c(SCC(=O)c2c(-c3ccccc3)n(C)c3ccccc23)nnc1N1CCOCC1. The van der Waals surface area contributed by atoms with Gasteiger partial charge in [0.2, 0.25) is 5.95 Å². The minimum Gasteiger partial charge on any atom is -0.378 e. The lowest BCUT2D eigenvalue weighted by atomic mass is 10.0. The van der Waals surface area contributed by atoms with E-state index < -0.39 is 0 Å². The number of rotatable bonds is 7. The van der Waals surface area contributed by atoms with E-state index in [4.69, 9.17) is 4.74 Å². The Morgan fingerprint density at radius 3 is 2.52 bits per heavy atom. The predicted octanol–water partition coefficient (Wildman–Crippen LogP) is 4.27. The summed E-state index contributed by atoms with van der Waals surface area (Å²) in [6, 6.07) is 18.2. The second-order valence-corrected chi connectivity index (χ2v) is 8.95. The molecule has 1 saturated heterocycles. The molecule has 0 N–H and O–H groups in total. The number of ketones is 1. The highest BCUT2D eigenvalue weighted by atomic mass is 32.2. The molecule has 7 nitrogen and oxygen atoms in total. The molecule has 0 unspecified atom stereocenters. The molecule has 170 valence electrons. The molecule has 2 aromatic heterocycles. The number of carbonyl (C=O) groups excluding carboxylic acids is 1. The van der Waals surface area contributed by atoms with Crippen LogP contribution in [-0.2, 0) is 18.3 Å². The number of hydrogen-bond donors (Lipinski definition) is 0. The molecule has 2 aromatic carbocycles. The molecule has 33 heavy (non-hydrogen) atoms. The van der Waals surface area contributed by atoms with Gasteiger partial charge in [0.15, 0.2) is 10.9 Å². The molecule has 0 radical (unpaired) electrons. The lowest BCUT2D eigenvalue weighted by molar-refractivity contribution is 0.102. The predicted molar refractivity (Wildman–Crippen MR) is 132 cm³/mol. The molecule has 1 fully saturated rings. The van der Waals surface area contributed by atoms with Crippen LogP contribution < -0.4 is 4.90 Å². The Morgan fingerprint density at radius 2 is 1.76 bits per heavy atom. The van der Waals surface area contributed by atoms with Crippen molar-refractivity contribution in [3.8, 4) is 11.3 Å². The van der Waals surface area contributed by atoms with E-state index in [2.05, 4.69) is 49.4 Å². The number of aryl methyl sites for hydroxylation is 1. The van der Waals surface area contributed by atoms with Gasteiger partial charge in [-0.25, -0.2) is 0 Å². The first-order valence-electron chi connectivity index (χ1n) is 11.2. The minimum absolute atomic E-state index is 0.0919. The average molecular weight is 462 g/mol. The van der Waals surface area contributed by atoms with E-state index >= 15 is 0 Å². The van der Waals surface area contributed by atoms with Crippen LogP contribution in [0.2, 0.25) is 0 Å². The monoisotopic (exact) mass is 461 g/mol. The van der Waals surface area contributed by atoms with Gasteiger partial charge in [0.05, 0.1) is 30.2 Å². The lowest BCUT2D eigenvalue weighted by Crippen LogP contribution is -2.38. The largest absolute Gasteiger partial charge is 0.378 e. The van der Waals surface area contributed by atoms with Gasteiger partial charge in [-0.3, -0.25) is 9.36 Å². The normalized spacial score (nSPS) is 14.2. The summed E-state index contributed by atoms with van der Waals surface area (Å²) >= 11 is 1.45. The summed E-state index contributed by atoms with van der Waals surface area (Å²) in [5.74, 6) is 1.25. The van der Waals surface area contributed by atoms with Crippen LogP contribution in [0.1, 0.15) is 17.3 Å². The van der Waals surface area contributed by atoms with Gasteiger partial charge >= 0.3 is 0 Å². The Hall–Kier alpha value is -3.10. The zero-order valence-corrected chi connectivity index (χ0v) is 19.7. The van der Waals surface area contributed by atoms with Crippen LogP contribution in [0.25, 0.3) is 22.2 Å². The van der Waals surface area contributed by atoms with Crippen molar-refractivity contribution in [1.29, 1.82) is 0 Å². The Kier molecular flexibility index (Phi) is 6.20. The van der Waals surface area contributed by atoms with Crippen LogP contribution in [0.3, 0.4) is 0 Å². The van der Waals surface area contributed by atoms with Crippen molar-refractivity contribution in [3.63, 3.8) is 0 Å². The first kappa shape index (κ1) is 21.7. The maximum absolute atomic E-state index is 13.6. The van der Waals surface area contributed by atoms with E-state index in [1.165, 1.54) is 11.8 Å². The molecular weight excluding hydrogens is 434 g/mol. The molecule has 0 aliphatic carbocycles. The van der Waals surface area contributed by atoms with Crippen LogP contribution in [0.4, 0.5) is 5.95 Å². The number of nitrogens with zero attached hydrogens (tertiary/aromatic N) is 5. The number of carbonyl (C=O) groups is 1. The number of anilines is 1. The Labute approximate surface area is 197 Å². The van der Waals surface area contributed by atoms with Gasteiger partial charge in [-0.05, 0) is 18.6 Å². The summed E-state index contributed by atoms with van der Waals surface area (Å²) in [5, 5.41) is 10.6. The molecule has 1 aliphatic heterocycles. The van der Waals surface area contributed by atoms with Crippen molar-refractivity contribution in [2.24, 2.45) is 7.05 Å². The van der Waals surface area contributed by atoms with E-state index in [1.54, 1.807) is 0 Å². The molecule has 8 heteroatoms. The third kappa shape index (κ3) is 4.05. The molecule has 5 rings (SSSR count). The minimum atomic E-state index is 0.0919. The second kappa shape index (κ2) is 9.41. The van der Waals surface area contributed by atoms with Gasteiger partial charge < -0.3 is 14.2 Å². The van der Waals surface area contributed by atoms with Gasteiger partial charge in [-0.15, -0.1) is 10.2 Å². The fourth-order valence-electron chi connectivity index (χ4n) is 4.47. The van der Waals surface area contributed by atoms with Crippen LogP contribution in [-0.4, -0.2) is 57.2 Å². The van der Waals surface area contributed by atoms with E-state index in [9.17, 15) is 4.79 Å². The molecule has 0 saturated carbocycles. The van der Waals surface area contributed by atoms with Crippen molar-refractivity contribution in [1.82, 2.24) is 19.3 Å². The maximum atomic E-state index is 13.6. The summed E-state index contributed by atoms with van der Waals surface area (Å²) in [6.07, 6.45) is 0. The molecule has 1 aliphatic rings. The highest BCUT2D eigenvalue weighted by Crippen LogP contribution is 2.34. The molecule has 0 spiro atoms. The highest BCUT2D eigenvalue weighted by molar-refractivity contribution is 7.99. The third-order valence-electron chi connectivity index (χ3n) is 6.07. The van der Waals surface area contributed by atoms with Gasteiger partial charge in [-0.1, -0.05) is 60.3 Å². The Bertz CT molecular complexity index is 1270. The van der Waals surface area contributed by atoms with E-state index in [0.717, 1.165) is 58.5 Å². The smallest absolute Gasteiger partial charge is 0.228 e. The van der Waals surface area contributed by atoms with Crippen molar-refractivity contribution < 1.29 is 9.53 Å². The first-order valence-corrected chi connectivity index (χ1v) is 12.2. The van der Waals surface area contributed by atoms with Crippen molar-refractivity contribution in [3.05, 3.63) is 60.2 Å². The van der Waals surface area contributed by atoms with E-state index in [0.29, 0.717) is 19.0 Å². The molecule has 0 amide bonds. The van der Waals surface area contributed by atoms with Gasteiger partial charge in [0.25, 0.3) is 0 Å². The van der Waals surface area contributed by atoms with E-state index in [1.807, 2.05) is 43.4 Å². The van der Waals surface area contributed by atoms with Crippen LogP contribution >= 0.6 is 11.8 Å². The summed E-state index contributed by atoms with van der Waals surface area (Å²) in [4.78, 5) is 15.8. The number of aromatic nitrogens is 4. The van der Waals surface area contributed by atoms with Gasteiger partial charge in [0.1, 0.15) is 0 Å². The van der Waals surface area contributed by atoms with Crippen molar-refractivity contribution in [2.75, 3.05) is 37.0 Å². The van der Waals surface area contributed by atoms with Crippen molar-refractivity contribution in [2.45, 2.75) is 18.6 Å². The number of ether oxygens (including phenoxy) is 1. The summed E-state index contributed by atoms with van der Waals surface area (Å²) < 4.78 is 9.67. The molecular formula is C25H27N5O2S. The number of thioether (sulfide) groups is 1. The fraction of sp³-hybridized carbons (Fsp3) is 0.320. The molecule has 0 atom stereocenters. The Balaban J connectivity index is 1.46. The zero-order valence-electron chi connectivity index (χ0n) is 18.9. The number of para-hydroxylation sites is 1. The number of benzene rings is 2. The van der Waals surface area contributed by atoms with E-state index in [-0.39, 0.29) is 5.78 Å². The zero-order chi connectivity index (χ0) is 22.8. The quantitative estimate of drug-likeness (QED) is 0.303. The van der Waals surface area contributed by atoms with Crippen LogP contribution in [0.5, 0.6) is 0 Å². The standard InChI is InChI=1S/C25H27N5O2S/c1-3-30-24(29-13-15-32-16-14-29)26-27-25(30)33-17-21(31)22-19-11-7-8-12-20(19)28(2)23(22)18-9-5-4-6-10-18/h4-12H,3,13-17H2,1-2H3. The lowest BCUT2D eigenvalue weighted by Gasteiger charge is -2.27. The number of hydrogen-bond acceptors (Lipinski definition) is 6. The first-order chi connectivity index (χ1) is 16.2. The number of fused-ring (bicyclic) bond motifs is 1. The van der Waals surface area contributed by atoms with Crippen molar-refractivity contribution >= 4 is 34.4 Å². The van der Waals surface area contributed by atoms with Crippen LogP contribution in [0.15, 0.2) is 59.8 Å². The second-order valence-electron chi connectivity index (χ2n) is 8.00. The molecule has 0 bridgehead atoms. The molecule has 3 heterocycles. The maximum Gasteiger partial charge on any atom is 0.228 e.